The number of urea groups is 1. The molecule has 18 nitrogen and oxygen atoms in total. The van der Waals surface area contributed by atoms with Crippen molar-refractivity contribution in [3.8, 4) is 5.75 Å². The number of amides is 5. The van der Waals surface area contributed by atoms with Crippen LogP contribution in [0.2, 0.25) is 10.0 Å². The van der Waals surface area contributed by atoms with E-state index in [0.717, 1.165) is 34.6 Å². The number of carbonyl (C=O) groups excluding carboxylic acids is 4. The van der Waals surface area contributed by atoms with Crippen molar-refractivity contribution in [1.82, 2.24) is 19.5 Å². The second kappa shape index (κ2) is 21.4. The SMILES string of the molecule is CCOC1C(=O)N(C(C(=O)Nc2cc(NCOC(CC)Oc3ccc(C)cc3C(C)(C)CC)ccc2Cl)c2nc3c([N+](=O)[O-])cc(Cl)cc3c(=O)n2NC(=O)C(C)(C)C)C(=O)N1Cc1ccccc1. The van der Waals surface area contributed by atoms with Gasteiger partial charge in [-0.25, -0.2) is 14.7 Å². The maximum atomic E-state index is 15.1. The molecule has 0 aliphatic carbocycles. The highest BCUT2D eigenvalue weighted by Gasteiger charge is 2.53. The van der Waals surface area contributed by atoms with Crippen LogP contribution < -0.4 is 26.4 Å². The number of imide groups is 1. The Bertz CT molecular complexity index is 2830. The van der Waals surface area contributed by atoms with Crippen LogP contribution in [0.4, 0.5) is 21.9 Å². The summed E-state index contributed by atoms with van der Waals surface area (Å²) in [7, 11) is 0. The minimum Gasteiger partial charge on any atom is -0.465 e. The third-order valence-electron chi connectivity index (χ3n) is 11.6. The van der Waals surface area contributed by atoms with Crippen molar-refractivity contribution >= 4 is 74.9 Å². The van der Waals surface area contributed by atoms with Crippen LogP contribution in [0.15, 0.2) is 83.7 Å². The number of aryl methyl sites for hydroxylation is 1. The molecule has 1 aliphatic heterocycles. The molecule has 5 aromatic rings. The van der Waals surface area contributed by atoms with Crippen molar-refractivity contribution in [1.29, 1.82) is 0 Å². The summed E-state index contributed by atoms with van der Waals surface area (Å²) in [5, 5.41) is 17.7. The molecule has 6 rings (SSSR count). The fraction of sp³-hybridized carbons (Fsp3) is 0.388. The standard InChI is InChI=1S/C49H56Cl2N8O10/c1-10-38(69-37-21-18-28(4)22-33(37)49(8,9)11-2)68-27-52-31-19-20-34(51)35(25-31)53-42(60)40(57-44(62)45(67-12-3)56(47(57)64)26-29-16-14-13-15-17-29)41-54-39-32(23-30(50)24-36(39)59(65)66)43(61)58(41)55-46(63)48(5,6)7/h13-25,38,40,45,52H,10-12,26-27H2,1-9H3,(H,53,60)(H,55,63). The van der Waals surface area contributed by atoms with Gasteiger partial charge in [-0.05, 0) is 61.6 Å². The molecular formula is C49H56Cl2N8O10. The summed E-state index contributed by atoms with van der Waals surface area (Å²) in [4.78, 5) is 90.5. The number of rotatable bonds is 19. The lowest BCUT2D eigenvalue weighted by Crippen LogP contribution is -2.48. The summed E-state index contributed by atoms with van der Waals surface area (Å²) < 4.78 is 18.9. The predicted octanol–water partition coefficient (Wildman–Crippen LogP) is 9.43. The Morgan fingerprint density at radius 1 is 0.942 bits per heavy atom. The van der Waals surface area contributed by atoms with Crippen molar-refractivity contribution in [3.05, 3.63) is 132 Å². The van der Waals surface area contributed by atoms with Gasteiger partial charge in [-0.3, -0.25) is 39.6 Å². The largest absolute Gasteiger partial charge is 0.465 e. The summed E-state index contributed by atoms with van der Waals surface area (Å²) >= 11 is 12.9. The Balaban J connectivity index is 1.42. The third kappa shape index (κ3) is 11.5. The van der Waals surface area contributed by atoms with E-state index in [1.807, 2.05) is 26.0 Å². The van der Waals surface area contributed by atoms with Crippen LogP contribution in [-0.2, 0) is 35.8 Å². The second-order valence-corrected chi connectivity index (χ2v) is 18.9. The van der Waals surface area contributed by atoms with Gasteiger partial charge in [0.05, 0.1) is 27.6 Å². The van der Waals surface area contributed by atoms with Gasteiger partial charge in [-0.2, -0.15) is 4.68 Å². The Labute approximate surface area is 409 Å². The number of carbonyl (C=O) groups is 4. The summed E-state index contributed by atoms with van der Waals surface area (Å²) in [6.45, 7) is 16.4. The smallest absolute Gasteiger partial charge is 0.330 e. The van der Waals surface area contributed by atoms with Crippen LogP contribution in [0.1, 0.15) is 96.8 Å². The summed E-state index contributed by atoms with van der Waals surface area (Å²) in [6.07, 6.45) is -0.823. The number of hydrogen-bond donors (Lipinski definition) is 3. The summed E-state index contributed by atoms with van der Waals surface area (Å²) in [5.74, 6) is -2.99. The first-order valence-electron chi connectivity index (χ1n) is 22.3. The van der Waals surface area contributed by atoms with Gasteiger partial charge in [0.15, 0.2) is 17.4 Å². The molecule has 2 heterocycles. The van der Waals surface area contributed by atoms with Crippen molar-refractivity contribution in [3.63, 3.8) is 0 Å². The molecule has 1 saturated heterocycles. The zero-order valence-corrected chi connectivity index (χ0v) is 41.4. The molecule has 366 valence electrons. The lowest BCUT2D eigenvalue weighted by molar-refractivity contribution is -0.383. The number of nitrogens with one attached hydrogen (secondary N) is 3. The number of nitro benzene ring substituents is 1. The lowest BCUT2D eigenvalue weighted by atomic mass is 9.81. The molecule has 1 aliphatic rings. The zero-order chi connectivity index (χ0) is 50.5. The Hall–Kier alpha value is -6.60. The highest BCUT2D eigenvalue weighted by Crippen LogP contribution is 2.37. The molecule has 69 heavy (non-hydrogen) atoms. The normalized spacial score (nSPS) is 15.0. The van der Waals surface area contributed by atoms with E-state index in [-0.39, 0.29) is 41.0 Å². The van der Waals surface area contributed by atoms with Gasteiger partial charge < -0.3 is 24.8 Å². The van der Waals surface area contributed by atoms with E-state index < -0.39 is 80.6 Å². The number of nitrogens with zero attached hydrogens (tertiary/aromatic N) is 5. The number of ether oxygens (including phenoxy) is 3. The molecule has 4 aromatic carbocycles. The minimum atomic E-state index is -2.22. The van der Waals surface area contributed by atoms with Crippen LogP contribution in [0.25, 0.3) is 10.9 Å². The van der Waals surface area contributed by atoms with Crippen molar-refractivity contribution < 1.29 is 38.3 Å². The van der Waals surface area contributed by atoms with E-state index in [1.165, 1.54) is 12.1 Å². The van der Waals surface area contributed by atoms with E-state index in [1.54, 1.807) is 64.1 Å². The summed E-state index contributed by atoms with van der Waals surface area (Å²) in [6, 6.07) is 18.1. The highest BCUT2D eigenvalue weighted by molar-refractivity contribution is 6.34. The van der Waals surface area contributed by atoms with E-state index in [0.29, 0.717) is 33.0 Å². The van der Waals surface area contributed by atoms with E-state index >= 15 is 4.79 Å². The Morgan fingerprint density at radius 2 is 1.65 bits per heavy atom. The monoisotopic (exact) mass is 986 g/mol. The van der Waals surface area contributed by atoms with Crippen molar-refractivity contribution in [2.24, 2.45) is 5.41 Å². The molecular weight excluding hydrogens is 931 g/mol. The highest BCUT2D eigenvalue weighted by atomic mass is 35.5. The molecule has 3 atom stereocenters. The van der Waals surface area contributed by atoms with Crippen molar-refractivity contribution in [2.45, 2.75) is 106 Å². The number of halogens is 2. The molecule has 20 heteroatoms. The average Bonchev–Trinajstić information content (AvgIpc) is 3.52. The van der Waals surface area contributed by atoms with Gasteiger partial charge in [0, 0.05) is 40.8 Å². The molecule has 5 amide bonds. The van der Waals surface area contributed by atoms with Crippen LogP contribution in [0.5, 0.6) is 5.75 Å². The van der Waals surface area contributed by atoms with Crippen LogP contribution in [0.3, 0.4) is 0 Å². The van der Waals surface area contributed by atoms with Crippen LogP contribution >= 0.6 is 23.2 Å². The molecule has 3 unspecified atom stereocenters. The molecule has 0 bridgehead atoms. The predicted molar refractivity (Wildman–Crippen MR) is 263 cm³/mol. The van der Waals surface area contributed by atoms with E-state index in [2.05, 4.69) is 47.9 Å². The average molecular weight is 988 g/mol. The quantitative estimate of drug-likeness (QED) is 0.0305. The Kier molecular flexibility index (Phi) is 16.0. The lowest BCUT2D eigenvalue weighted by Gasteiger charge is -2.28. The number of nitro groups is 1. The van der Waals surface area contributed by atoms with Gasteiger partial charge in [-0.1, -0.05) is 120 Å². The molecule has 0 spiro atoms. The molecule has 0 saturated carbocycles. The minimum absolute atomic E-state index is 0.0147. The van der Waals surface area contributed by atoms with Crippen molar-refractivity contribution in [2.75, 3.05) is 29.4 Å². The number of non-ortho nitro benzene ring substituents is 1. The number of hydrogen-bond acceptors (Lipinski definition) is 12. The molecule has 1 aromatic heterocycles. The maximum Gasteiger partial charge on any atom is 0.330 e. The summed E-state index contributed by atoms with van der Waals surface area (Å²) in [5.41, 5.74) is 1.91. The van der Waals surface area contributed by atoms with Gasteiger partial charge >= 0.3 is 6.03 Å². The third-order valence-corrected chi connectivity index (χ3v) is 12.1. The molecule has 0 radical (unpaired) electrons. The van der Waals surface area contributed by atoms with Crippen LogP contribution in [-0.4, -0.2) is 74.0 Å². The van der Waals surface area contributed by atoms with E-state index in [9.17, 15) is 29.3 Å². The number of fused-ring (bicyclic) bond motifs is 1. The first kappa shape index (κ1) is 51.8. The fourth-order valence-corrected chi connectivity index (χ4v) is 7.75. The molecule has 1 fully saturated rings. The Morgan fingerprint density at radius 3 is 2.29 bits per heavy atom. The number of anilines is 2. The van der Waals surface area contributed by atoms with E-state index in [4.69, 9.17) is 37.4 Å². The van der Waals surface area contributed by atoms with Gasteiger partial charge in [0.2, 0.25) is 18.4 Å². The van der Waals surface area contributed by atoms with Gasteiger partial charge in [0.25, 0.3) is 23.1 Å². The number of aromatic nitrogens is 2. The van der Waals surface area contributed by atoms with Crippen LogP contribution in [0, 0.1) is 22.5 Å². The van der Waals surface area contributed by atoms with Gasteiger partial charge in [0.1, 0.15) is 12.5 Å². The fourth-order valence-electron chi connectivity index (χ4n) is 7.37. The molecule has 3 N–H and O–H groups in total. The zero-order valence-electron chi connectivity index (χ0n) is 39.8. The van der Waals surface area contributed by atoms with Gasteiger partial charge in [-0.15, -0.1) is 0 Å². The second-order valence-electron chi connectivity index (χ2n) is 18.1. The first-order chi connectivity index (χ1) is 32.6. The first-order valence-corrected chi connectivity index (χ1v) is 23.1. The maximum absolute atomic E-state index is 15.1. The topological polar surface area (TPSA) is 217 Å². The number of benzene rings is 4.